The molecule has 30 heavy (non-hydrogen) atoms. The number of allylic oxidation sites excluding steroid dienone is 2. The Labute approximate surface area is 190 Å². The number of nitrogens with zero attached hydrogens (tertiary/aromatic N) is 3. The molecule has 3 rings (SSSR count). The largest absolute Gasteiger partial charge is 0.468 e. The minimum Gasteiger partial charge on any atom is -0.468 e. The molecule has 2 unspecified atom stereocenters. The Morgan fingerprint density at radius 3 is 2.80 bits per heavy atom. The molecule has 8 heteroatoms. The van der Waals surface area contributed by atoms with Crippen LogP contribution < -0.4 is 0 Å². The van der Waals surface area contributed by atoms with Crippen molar-refractivity contribution in [1.82, 2.24) is 15.1 Å². The lowest BCUT2D eigenvalue weighted by Crippen LogP contribution is -2.42. The van der Waals surface area contributed by atoms with Crippen LogP contribution in [-0.4, -0.2) is 46.5 Å². The summed E-state index contributed by atoms with van der Waals surface area (Å²) in [4.78, 5) is 14.9. The number of halogens is 1. The predicted molar refractivity (Wildman–Crippen MR) is 125 cm³/mol. The molecule has 2 aromatic rings. The lowest BCUT2D eigenvalue weighted by atomic mass is 9.95. The minimum atomic E-state index is -0.426. The highest BCUT2D eigenvalue weighted by Gasteiger charge is 2.34. The third kappa shape index (κ3) is 5.66. The number of rotatable bonds is 7. The van der Waals surface area contributed by atoms with Gasteiger partial charge in [-0.2, -0.15) is 0 Å². The van der Waals surface area contributed by atoms with E-state index in [1.165, 1.54) is 12.7 Å². The van der Waals surface area contributed by atoms with Crippen molar-refractivity contribution in [2.75, 3.05) is 20.2 Å². The number of benzene rings is 1. The lowest BCUT2D eigenvalue weighted by molar-refractivity contribution is -0.147. The van der Waals surface area contributed by atoms with E-state index in [0.29, 0.717) is 11.7 Å². The molecule has 2 atom stereocenters. The van der Waals surface area contributed by atoms with Gasteiger partial charge < -0.3 is 4.74 Å². The number of carbonyl (C=O) groups is 1. The fourth-order valence-corrected chi connectivity index (χ4v) is 6.02. The van der Waals surface area contributed by atoms with E-state index in [-0.39, 0.29) is 11.2 Å². The Morgan fingerprint density at radius 2 is 2.13 bits per heavy atom. The Morgan fingerprint density at radius 1 is 1.33 bits per heavy atom. The molecule has 0 bridgehead atoms. The number of piperidine rings is 1. The van der Waals surface area contributed by atoms with Gasteiger partial charge in [-0.05, 0) is 53.0 Å². The van der Waals surface area contributed by atoms with Crippen molar-refractivity contribution in [3.8, 4) is 0 Å². The van der Waals surface area contributed by atoms with Gasteiger partial charge in [0.25, 0.3) is 0 Å². The number of carbonyl (C=O) groups excluding carboxylic acids is 1. The van der Waals surface area contributed by atoms with Gasteiger partial charge in [-0.3, -0.25) is 4.90 Å². The topological polar surface area (TPSA) is 55.3 Å². The van der Waals surface area contributed by atoms with Crippen LogP contribution in [0.1, 0.15) is 23.6 Å². The monoisotopic (exact) mass is 461 g/mol. The SMILES string of the molecule is C=C/C=C1/CN(C(C(=O)OC)c2ccccc2C)CCC1SSc1ccc(Cl)nn1. The number of ether oxygens (including phenoxy) is 1. The maximum Gasteiger partial charge on any atom is 0.327 e. The molecular formula is C22H24ClN3O2S2. The first-order valence-electron chi connectivity index (χ1n) is 9.55. The molecule has 1 saturated heterocycles. The summed E-state index contributed by atoms with van der Waals surface area (Å²) in [6.45, 7) is 7.35. The van der Waals surface area contributed by atoms with Crippen LogP contribution in [0.3, 0.4) is 0 Å². The summed E-state index contributed by atoms with van der Waals surface area (Å²) in [5, 5.41) is 9.49. The molecule has 5 nitrogen and oxygen atoms in total. The highest BCUT2D eigenvalue weighted by atomic mass is 35.5. The van der Waals surface area contributed by atoms with Crippen LogP contribution in [0.5, 0.6) is 0 Å². The van der Waals surface area contributed by atoms with Crippen molar-refractivity contribution in [1.29, 1.82) is 0 Å². The fourth-order valence-electron chi connectivity index (χ4n) is 3.46. The molecule has 1 aromatic carbocycles. The first-order chi connectivity index (χ1) is 14.5. The van der Waals surface area contributed by atoms with Gasteiger partial charge in [-0.15, -0.1) is 10.2 Å². The van der Waals surface area contributed by atoms with E-state index in [0.717, 1.165) is 29.1 Å². The Kier molecular flexibility index (Phi) is 8.39. The quantitative estimate of drug-likeness (QED) is 0.410. The van der Waals surface area contributed by atoms with Crippen LogP contribution >= 0.6 is 33.2 Å². The molecule has 0 radical (unpaired) electrons. The molecule has 0 amide bonds. The highest BCUT2D eigenvalue weighted by Crippen LogP contribution is 2.41. The molecule has 0 spiro atoms. The Bertz CT molecular complexity index is 921. The van der Waals surface area contributed by atoms with Gasteiger partial charge in [0.1, 0.15) is 11.1 Å². The van der Waals surface area contributed by atoms with Crippen LogP contribution in [0, 0.1) is 6.92 Å². The van der Waals surface area contributed by atoms with Gasteiger partial charge in [-0.25, -0.2) is 4.79 Å². The maximum absolute atomic E-state index is 12.7. The zero-order valence-electron chi connectivity index (χ0n) is 17.0. The second-order valence-electron chi connectivity index (χ2n) is 6.88. The van der Waals surface area contributed by atoms with Crippen LogP contribution in [0.4, 0.5) is 0 Å². The third-order valence-electron chi connectivity index (χ3n) is 4.94. The number of aryl methyl sites for hydroxylation is 1. The van der Waals surface area contributed by atoms with Crippen molar-refractivity contribution >= 4 is 39.2 Å². The number of methoxy groups -OCH3 is 1. The van der Waals surface area contributed by atoms with Crippen LogP contribution in [0.15, 0.2) is 65.7 Å². The highest BCUT2D eigenvalue weighted by molar-refractivity contribution is 8.77. The third-order valence-corrected chi connectivity index (χ3v) is 7.89. The Hall–Kier alpha value is -1.80. The van der Waals surface area contributed by atoms with Crippen molar-refractivity contribution in [3.63, 3.8) is 0 Å². The van der Waals surface area contributed by atoms with E-state index >= 15 is 0 Å². The molecule has 1 aromatic heterocycles. The van der Waals surface area contributed by atoms with Gasteiger partial charge in [0.05, 0.1) is 7.11 Å². The second kappa shape index (κ2) is 11.0. The maximum atomic E-state index is 12.7. The normalized spacial score (nSPS) is 19.4. The number of aromatic nitrogens is 2. The molecular weight excluding hydrogens is 438 g/mol. The van der Waals surface area contributed by atoms with E-state index in [9.17, 15) is 4.79 Å². The summed E-state index contributed by atoms with van der Waals surface area (Å²) < 4.78 is 5.16. The summed E-state index contributed by atoms with van der Waals surface area (Å²) in [5.41, 5.74) is 3.29. The van der Waals surface area contributed by atoms with Gasteiger partial charge >= 0.3 is 5.97 Å². The zero-order chi connectivity index (χ0) is 21.5. The van der Waals surface area contributed by atoms with Crippen LogP contribution in [-0.2, 0) is 9.53 Å². The number of hydrogen-bond donors (Lipinski definition) is 0. The standard InChI is InChI=1S/C22H24ClN3O2S2/c1-4-7-16-14-26(21(22(27)28-3)17-9-6-5-8-15(17)2)13-12-18(16)29-30-20-11-10-19(23)24-25-20/h4-11,18,21H,1,12-14H2,2-3H3/b16-7-. The predicted octanol–water partition coefficient (Wildman–Crippen LogP) is 5.28. The van der Waals surface area contributed by atoms with Crippen molar-refractivity contribution in [2.24, 2.45) is 0 Å². The average molecular weight is 462 g/mol. The zero-order valence-corrected chi connectivity index (χ0v) is 19.3. The fraction of sp³-hybridized carbons (Fsp3) is 0.318. The smallest absolute Gasteiger partial charge is 0.327 e. The molecule has 1 aliphatic heterocycles. The van der Waals surface area contributed by atoms with Gasteiger partial charge in [-0.1, -0.05) is 65.4 Å². The van der Waals surface area contributed by atoms with E-state index in [4.69, 9.17) is 16.3 Å². The summed E-state index contributed by atoms with van der Waals surface area (Å²) in [6.07, 6.45) is 4.75. The van der Waals surface area contributed by atoms with Crippen LogP contribution in [0.2, 0.25) is 5.15 Å². The summed E-state index contributed by atoms with van der Waals surface area (Å²) in [7, 11) is 4.77. The molecule has 0 saturated carbocycles. The van der Waals surface area contributed by atoms with Crippen molar-refractivity contribution < 1.29 is 9.53 Å². The van der Waals surface area contributed by atoms with E-state index in [1.54, 1.807) is 33.7 Å². The van der Waals surface area contributed by atoms with Crippen molar-refractivity contribution in [2.45, 2.75) is 29.7 Å². The average Bonchev–Trinajstić information content (AvgIpc) is 2.76. The number of likely N-dealkylation sites (tertiary alicyclic amines) is 1. The summed E-state index contributed by atoms with van der Waals surface area (Å²) in [6, 6.07) is 11.2. The number of hydrogen-bond acceptors (Lipinski definition) is 7. The molecule has 2 heterocycles. The van der Waals surface area contributed by atoms with Gasteiger partial charge in [0.15, 0.2) is 5.15 Å². The summed E-state index contributed by atoms with van der Waals surface area (Å²) in [5.74, 6) is -0.237. The summed E-state index contributed by atoms with van der Waals surface area (Å²) >= 11 is 5.82. The van der Waals surface area contributed by atoms with Crippen LogP contribution in [0.25, 0.3) is 0 Å². The lowest BCUT2D eigenvalue weighted by Gasteiger charge is -2.38. The van der Waals surface area contributed by atoms with E-state index < -0.39 is 6.04 Å². The van der Waals surface area contributed by atoms with E-state index in [1.807, 2.05) is 43.3 Å². The molecule has 0 aliphatic carbocycles. The van der Waals surface area contributed by atoms with Gasteiger partial charge in [0, 0.05) is 18.3 Å². The molecule has 0 N–H and O–H groups in total. The van der Waals surface area contributed by atoms with Gasteiger partial charge in [0.2, 0.25) is 0 Å². The molecule has 1 aliphatic rings. The van der Waals surface area contributed by atoms with Crippen molar-refractivity contribution in [3.05, 3.63) is 77.0 Å². The Balaban J connectivity index is 1.76. The molecule has 1 fully saturated rings. The number of esters is 1. The molecule has 158 valence electrons. The minimum absolute atomic E-state index is 0.237. The second-order valence-corrected chi connectivity index (χ2v) is 9.69. The first kappa shape index (κ1) is 22.9. The first-order valence-corrected chi connectivity index (χ1v) is 12.1. The van der Waals surface area contributed by atoms with E-state index in [2.05, 4.69) is 21.7 Å².